The largest absolute Gasteiger partial charge is 0.346 e. The van der Waals surface area contributed by atoms with Gasteiger partial charge >= 0.3 is 0 Å². The van der Waals surface area contributed by atoms with Crippen molar-refractivity contribution in [2.45, 2.75) is 6.92 Å². The zero-order valence-corrected chi connectivity index (χ0v) is 18.0. The maximum absolute atomic E-state index is 13.0. The summed E-state index contributed by atoms with van der Waals surface area (Å²) < 4.78 is 2.45. The zero-order valence-electron chi connectivity index (χ0n) is 14.8. The van der Waals surface area contributed by atoms with Crippen molar-refractivity contribution in [3.8, 4) is 16.4 Å². The van der Waals surface area contributed by atoms with E-state index in [0.29, 0.717) is 21.4 Å². The summed E-state index contributed by atoms with van der Waals surface area (Å²) in [5.41, 5.74) is 3.56. The Morgan fingerprint density at radius 2 is 1.89 bits per heavy atom. The third-order valence-electron chi connectivity index (χ3n) is 4.15. The summed E-state index contributed by atoms with van der Waals surface area (Å²) in [6.07, 6.45) is 0. The average Bonchev–Trinajstić information content (AvgIpc) is 3.28. The first-order valence-corrected chi connectivity index (χ1v) is 10.5. The molecule has 0 radical (unpaired) electrons. The van der Waals surface area contributed by atoms with Crippen molar-refractivity contribution in [3.63, 3.8) is 0 Å². The van der Waals surface area contributed by atoms with E-state index in [0.717, 1.165) is 21.4 Å². The number of H-pyrrole nitrogens is 1. The molecular formula is C20H15BrN4OS2. The van der Waals surface area contributed by atoms with Gasteiger partial charge in [-0.05, 0) is 31.2 Å². The van der Waals surface area contributed by atoms with Crippen LogP contribution in [-0.2, 0) is 0 Å². The van der Waals surface area contributed by atoms with Crippen molar-refractivity contribution < 1.29 is 0 Å². The molecule has 0 atom stereocenters. The second-order valence-corrected chi connectivity index (χ2v) is 8.26. The molecule has 2 N–H and O–H groups in total. The molecular weight excluding hydrogens is 456 g/mol. The van der Waals surface area contributed by atoms with Crippen LogP contribution in [0.3, 0.4) is 0 Å². The smallest absolute Gasteiger partial charge is 0.283 e. The number of thiocarbonyl (C=S) groups is 1. The van der Waals surface area contributed by atoms with Crippen LogP contribution >= 0.6 is 39.5 Å². The van der Waals surface area contributed by atoms with E-state index in [2.05, 4.69) is 31.3 Å². The summed E-state index contributed by atoms with van der Waals surface area (Å²) in [6, 6.07) is 17.4. The summed E-state index contributed by atoms with van der Waals surface area (Å²) in [7, 11) is 0. The van der Waals surface area contributed by atoms with Crippen LogP contribution in [-0.4, -0.2) is 19.8 Å². The molecule has 140 valence electrons. The van der Waals surface area contributed by atoms with E-state index in [1.807, 2.05) is 66.9 Å². The van der Waals surface area contributed by atoms with E-state index in [9.17, 15) is 4.79 Å². The number of aryl methyl sites for hydroxylation is 1. The third-order valence-corrected chi connectivity index (χ3v) is 5.81. The van der Waals surface area contributed by atoms with Crippen LogP contribution in [0.15, 0.2) is 69.2 Å². The Morgan fingerprint density at radius 3 is 2.61 bits per heavy atom. The predicted octanol–water partition coefficient (Wildman–Crippen LogP) is 5.15. The maximum Gasteiger partial charge on any atom is 0.283 e. The molecule has 0 aliphatic rings. The molecule has 0 bridgehead atoms. The van der Waals surface area contributed by atoms with Gasteiger partial charge < -0.3 is 5.32 Å². The lowest BCUT2D eigenvalue weighted by atomic mass is 10.2. The molecule has 0 saturated heterocycles. The predicted molar refractivity (Wildman–Crippen MR) is 122 cm³/mol. The fourth-order valence-corrected chi connectivity index (χ4v) is 4.20. The van der Waals surface area contributed by atoms with Crippen LogP contribution in [0.5, 0.6) is 0 Å². The number of hydrogen-bond acceptors (Lipinski definition) is 4. The van der Waals surface area contributed by atoms with Gasteiger partial charge in [0.05, 0.1) is 11.3 Å². The number of nitrogens with one attached hydrogen (secondary N) is 2. The van der Waals surface area contributed by atoms with Crippen LogP contribution in [0.25, 0.3) is 16.4 Å². The van der Waals surface area contributed by atoms with Gasteiger partial charge in [0, 0.05) is 26.8 Å². The first kappa shape index (κ1) is 18.8. The first-order chi connectivity index (χ1) is 13.5. The number of aromatic amines is 1. The summed E-state index contributed by atoms with van der Waals surface area (Å²) in [5, 5.41) is 8.71. The summed E-state index contributed by atoms with van der Waals surface area (Å²) in [6.45, 7) is 1.83. The lowest BCUT2D eigenvalue weighted by Crippen LogP contribution is -2.23. The van der Waals surface area contributed by atoms with Crippen molar-refractivity contribution in [3.05, 3.63) is 86.1 Å². The van der Waals surface area contributed by atoms with Crippen molar-refractivity contribution in [1.82, 2.24) is 14.8 Å². The number of benzene rings is 2. The molecule has 2 aromatic heterocycles. The van der Waals surface area contributed by atoms with Crippen LogP contribution < -0.4 is 10.9 Å². The number of anilines is 1. The Labute approximate surface area is 179 Å². The van der Waals surface area contributed by atoms with Gasteiger partial charge in [-0.1, -0.05) is 58.5 Å². The molecule has 2 heterocycles. The third kappa shape index (κ3) is 3.71. The van der Waals surface area contributed by atoms with Crippen LogP contribution in [0, 0.1) is 6.92 Å². The highest BCUT2D eigenvalue weighted by Crippen LogP contribution is 2.25. The van der Waals surface area contributed by atoms with Gasteiger partial charge in [-0.15, -0.1) is 11.3 Å². The molecule has 4 aromatic rings. The second kappa shape index (κ2) is 7.83. The SMILES string of the molecule is Cc1[nH]n(-c2nc(-c3ccc(Br)cc3)cs2)c(=O)c1C(=S)Nc1ccccc1. The molecule has 4 rings (SSSR count). The fourth-order valence-electron chi connectivity index (χ4n) is 2.78. The van der Waals surface area contributed by atoms with Gasteiger partial charge in [0.2, 0.25) is 5.13 Å². The zero-order chi connectivity index (χ0) is 19.7. The van der Waals surface area contributed by atoms with E-state index in [4.69, 9.17) is 12.2 Å². The Kier molecular flexibility index (Phi) is 5.25. The molecule has 0 saturated carbocycles. The van der Waals surface area contributed by atoms with Crippen molar-refractivity contribution in [2.75, 3.05) is 5.32 Å². The van der Waals surface area contributed by atoms with Gasteiger partial charge in [0.25, 0.3) is 5.56 Å². The van der Waals surface area contributed by atoms with E-state index in [-0.39, 0.29) is 5.56 Å². The van der Waals surface area contributed by atoms with Crippen molar-refractivity contribution >= 4 is 50.2 Å². The Hall–Kier alpha value is -2.55. The van der Waals surface area contributed by atoms with Crippen LogP contribution in [0.1, 0.15) is 11.3 Å². The maximum atomic E-state index is 13.0. The van der Waals surface area contributed by atoms with Crippen molar-refractivity contribution in [1.29, 1.82) is 0 Å². The molecule has 0 spiro atoms. The molecule has 28 heavy (non-hydrogen) atoms. The second-order valence-electron chi connectivity index (χ2n) is 6.09. The lowest BCUT2D eigenvalue weighted by molar-refractivity contribution is 0.827. The summed E-state index contributed by atoms with van der Waals surface area (Å²) >= 11 is 10.3. The van der Waals surface area contributed by atoms with E-state index in [1.165, 1.54) is 16.0 Å². The van der Waals surface area contributed by atoms with E-state index < -0.39 is 0 Å². The van der Waals surface area contributed by atoms with Crippen LogP contribution in [0.4, 0.5) is 5.69 Å². The number of thiazole rings is 1. The molecule has 0 aliphatic carbocycles. The highest BCUT2D eigenvalue weighted by molar-refractivity contribution is 9.10. The summed E-state index contributed by atoms with van der Waals surface area (Å²) in [5.74, 6) is 0. The van der Waals surface area contributed by atoms with Gasteiger partial charge in [-0.3, -0.25) is 9.89 Å². The number of nitrogens with zero attached hydrogens (tertiary/aromatic N) is 2. The number of para-hydroxylation sites is 1. The Morgan fingerprint density at radius 1 is 1.18 bits per heavy atom. The molecule has 2 aromatic carbocycles. The number of rotatable bonds is 4. The quantitative estimate of drug-likeness (QED) is 0.405. The minimum Gasteiger partial charge on any atom is -0.346 e. The normalized spacial score (nSPS) is 10.8. The number of aromatic nitrogens is 3. The standard InChI is InChI=1S/C20H15BrN4OS2/c1-12-17(18(27)22-15-5-3-2-4-6-15)19(26)25(24-12)20-23-16(11-28-20)13-7-9-14(21)10-8-13/h2-11,24H,1H3,(H,22,27). The molecule has 8 heteroatoms. The fraction of sp³-hybridized carbons (Fsp3) is 0.0500. The highest BCUT2D eigenvalue weighted by Gasteiger charge is 2.18. The highest BCUT2D eigenvalue weighted by atomic mass is 79.9. The number of halogens is 1. The minimum absolute atomic E-state index is 0.220. The minimum atomic E-state index is -0.220. The van der Waals surface area contributed by atoms with Crippen molar-refractivity contribution in [2.24, 2.45) is 0 Å². The molecule has 0 fully saturated rings. The van der Waals surface area contributed by atoms with Gasteiger partial charge in [0.1, 0.15) is 4.99 Å². The van der Waals surface area contributed by atoms with Gasteiger partial charge in [-0.25, -0.2) is 4.98 Å². The monoisotopic (exact) mass is 470 g/mol. The number of hydrogen-bond donors (Lipinski definition) is 2. The average molecular weight is 471 g/mol. The van der Waals surface area contributed by atoms with Crippen LogP contribution in [0.2, 0.25) is 0 Å². The van der Waals surface area contributed by atoms with E-state index >= 15 is 0 Å². The van der Waals surface area contributed by atoms with Gasteiger partial charge in [0.15, 0.2) is 0 Å². The summed E-state index contributed by atoms with van der Waals surface area (Å²) in [4.78, 5) is 18.0. The molecule has 0 amide bonds. The molecule has 0 aliphatic heterocycles. The Bertz CT molecular complexity index is 1190. The lowest BCUT2D eigenvalue weighted by Gasteiger charge is -2.05. The Balaban J connectivity index is 1.65. The van der Waals surface area contributed by atoms with Gasteiger partial charge in [-0.2, -0.15) is 4.68 Å². The molecule has 5 nitrogen and oxygen atoms in total. The topological polar surface area (TPSA) is 62.7 Å². The first-order valence-electron chi connectivity index (χ1n) is 8.43. The molecule has 0 unspecified atom stereocenters. The van der Waals surface area contributed by atoms with E-state index in [1.54, 1.807) is 0 Å².